The summed E-state index contributed by atoms with van der Waals surface area (Å²) in [6.45, 7) is 0. The molecule has 1 aromatic carbocycles. The third-order valence-electron chi connectivity index (χ3n) is 5.33. The number of nitrogens with two attached hydrogens (primary N) is 1. The van der Waals surface area contributed by atoms with Gasteiger partial charge in [0.2, 0.25) is 11.0 Å². The zero-order valence-electron chi connectivity index (χ0n) is 16.8. The number of rotatable bonds is 5. The van der Waals surface area contributed by atoms with E-state index in [2.05, 4.69) is 22.9 Å². The molecule has 3 N–H and O–H groups in total. The summed E-state index contributed by atoms with van der Waals surface area (Å²) in [7, 11) is 0. The summed E-state index contributed by atoms with van der Waals surface area (Å²) < 4.78 is 0.799. The number of nitrogen functional groups attached to an aromatic ring is 1. The van der Waals surface area contributed by atoms with Crippen molar-refractivity contribution in [2.24, 2.45) is 0 Å². The van der Waals surface area contributed by atoms with Gasteiger partial charge in [0.25, 0.3) is 5.91 Å². The number of hydrogen-bond donors (Lipinski definition) is 3. The zero-order chi connectivity index (χ0) is 23.3. The van der Waals surface area contributed by atoms with Gasteiger partial charge in [0.15, 0.2) is 10.6 Å². The van der Waals surface area contributed by atoms with Crippen LogP contribution in [0.25, 0.3) is 15.7 Å². The van der Waals surface area contributed by atoms with Gasteiger partial charge in [-0.15, -0.1) is 34.4 Å². The van der Waals surface area contributed by atoms with E-state index in [1.165, 1.54) is 45.4 Å². The highest BCUT2D eigenvalue weighted by Gasteiger charge is 2.53. The second-order valence-electron chi connectivity index (χ2n) is 7.41. The minimum atomic E-state index is -0.752. The van der Waals surface area contributed by atoms with Crippen LogP contribution in [0.15, 0.2) is 46.2 Å². The normalized spacial score (nSPS) is 19.9. The molecule has 168 valence electrons. The largest absolute Gasteiger partial charge is 0.375 e. The van der Waals surface area contributed by atoms with E-state index in [0.29, 0.717) is 32.4 Å². The number of nitrogens with one attached hydrogen (secondary N) is 1. The molecule has 2 atom stereocenters. The van der Waals surface area contributed by atoms with Crippen molar-refractivity contribution in [1.29, 1.82) is 0 Å². The number of aromatic nitrogens is 1. The lowest BCUT2D eigenvalue weighted by atomic mass is 10.0. The molecule has 2 aromatic heterocycles. The fraction of sp³-hybridized carbons (Fsp3) is 0.190. The first-order valence-electron chi connectivity index (χ1n) is 9.77. The predicted octanol–water partition coefficient (Wildman–Crippen LogP) is 2.11. The van der Waals surface area contributed by atoms with Crippen molar-refractivity contribution >= 4 is 84.8 Å². The van der Waals surface area contributed by atoms with Crippen molar-refractivity contribution in [2.75, 3.05) is 11.5 Å². The average Bonchev–Trinajstić information content (AvgIpc) is 3.20. The first-order valence-corrected chi connectivity index (χ1v) is 13.0. The van der Waals surface area contributed by atoms with Crippen LogP contribution in [-0.2, 0) is 20.8 Å². The van der Waals surface area contributed by atoms with Crippen LogP contribution in [0.4, 0.5) is 5.13 Å². The molecule has 4 heterocycles. The first-order chi connectivity index (χ1) is 15.8. The highest BCUT2D eigenvalue weighted by atomic mass is 32.2. The molecular formula is C21H16N4O4S4. The van der Waals surface area contributed by atoms with Crippen molar-refractivity contribution in [3.05, 3.63) is 62.2 Å². The van der Waals surface area contributed by atoms with Gasteiger partial charge in [-0.2, -0.15) is 0 Å². The monoisotopic (exact) mass is 516 g/mol. The maximum Gasteiger partial charge on any atom is 0.253 e. The molecule has 0 saturated carbocycles. The number of carbonyl (C=O) groups excluding carboxylic acids is 3. The molecule has 1 unspecified atom stereocenters. The average molecular weight is 517 g/mol. The van der Waals surface area contributed by atoms with E-state index in [1.54, 1.807) is 17.5 Å². The smallest absolute Gasteiger partial charge is 0.253 e. The Balaban J connectivity index is 1.42. The molecule has 2 amide bonds. The van der Waals surface area contributed by atoms with Crippen LogP contribution in [0.5, 0.6) is 0 Å². The molecule has 12 heteroatoms. The molecule has 0 radical (unpaired) electrons. The van der Waals surface area contributed by atoms with Crippen molar-refractivity contribution in [3.63, 3.8) is 0 Å². The Morgan fingerprint density at radius 3 is 2.79 bits per heavy atom. The molecule has 1 fully saturated rings. The van der Waals surface area contributed by atoms with E-state index in [4.69, 9.17) is 5.73 Å². The van der Waals surface area contributed by atoms with Gasteiger partial charge in [0.1, 0.15) is 17.1 Å². The van der Waals surface area contributed by atoms with Gasteiger partial charge < -0.3 is 11.1 Å². The molecule has 3 aromatic rings. The van der Waals surface area contributed by atoms with Gasteiger partial charge in [-0.1, -0.05) is 24.8 Å². The van der Waals surface area contributed by atoms with Gasteiger partial charge in [-0.05, 0) is 12.1 Å². The van der Waals surface area contributed by atoms with Crippen molar-refractivity contribution in [1.82, 2.24) is 15.2 Å². The first kappa shape index (κ1) is 22.1. The number of benzene rings is 1. The summed E-state index contributed by atoms with van der Waals surface area (Å²) in [6, 6.07) is 8.01. The highest BCUT2D eigenvalue weighted by molar-refractivity contribution is 8.00. The fourth-order valence-electron chi connectivity index (χ4n) is 3.85. The third kappa shape index (κ3) is 3.97. The molecule has 0 bridgehead atoms. The van der Waals surface area contributed by atoms with Gasteiger partial charge in [0, 0.05) is 37.7 Å². The lowest BCUT2D eigenvalue weighted by Crippen LogP contribution is -2.70. The second kappa shape index (κ2) is 8.60. The van der Waals surface area contributed by atoms with Gasteiger partial charge in [0.05, 0.1) is 12.1 Å². The zero-order valence-corrected chi connectivity index (χ0v) is 20.2. The topological polar surface area (TPSA) is 122 Å². The number of nitrogens with zero attached hydrogens (tertiary/aromatic N) is 2. The number of anilines is 1. The predicted molar refractivity (Wildman–Crippen MR) is 134 cm³/mol. The van der Waals surface area contributed by atoms with Crippen LogP contribution in [0.2, 0.25) is 0 Å². The Hall–Kier alpha value is -2.67. The quantitative estimate of drug-likeness (QED) is 0.351. The number of thioether (sulfide) groups is 1. The maximum atomic E-state index is 12.9. The Morgan fingerprint density at radius 2 is 2.06 bits per heavy atom. The Bertz CT molecular complexity index is 1410. The number of hydrogen-bond acceptors (Lipinski definition) is 9. The Labute approximate surface area is 205 Å². The fourth-order valence-corrected chi connectivity index (χ4v) is 7.24. The lowest BCUT2D eigenvalue weighted by molar-refractivity contribution is -0.146. The molecule has 5 rings (SSSR count). The van der Waals surface area contributed by atoms with Crippen molar-refractivity contribution in [2.45, 2.75) is 17.8 Å². The molecule has 8 nitrogen and oxygen atoms in total. The van der Waals surface area contributed by atoms with Gasteiger partial charge in [-0.25, -0.2) is 4.98 Å². The van der Waals surface area contributed by atoms with E-state index in [1.807, 2.05) is 12.1 Å². The van der Waals surface area contributed by atoms with Gasteiger partial charge >= 0.3 is 0 Å². The van der Waals surface area contributed by atoms with Gasteiger partial charge in [-0.3, -0.25) is 24.1 Å². The van der Waals surface area contributed by atoms with E-state index in [0.717, 1.165) is 4.70 Å². The highest BCUT2D eigenvalue weighted by Crippen LogP contribution is 2.44. The summed E-state index contributed by atoms with van der Waals surface area (Å²) in [5, 5.41) is 4.43. The summed E-state index contributed by atoms with van der Waals surface area (Å²) in [6.07, 6.45) is 0.0133. The maximum absolute atomic E-state index is 12.9. The molecule has 2 aliphatic heterocycles. The summed E-state index contributed by atoms with van der Waals surface area (Å²) in [5.41, 5.74) is 6.75. The third-order valence-corrected chi connectivity index (χ3v) is 8.71. The standard InChI is InChI=1S/C21H16N4O4S4/c22-21-23-9(7-32-21)5-15(27)24-16-18(28)25-17(20(29)30)11(8-31-19(16)25)14-6-12(26)10-3-1-2-4-13(10)33-14/h1-4,6-7,16,19H,5,8H2,(H2,22,23)(H,24,27)(H,29,30)/t16?,19-/m1/s1. The number of thiazole rings is 1. The molecule has 1 saturated heterocycles. The van der Waals surface area contributed by atoms with Crippen LogP contribution in [0.1, 0.15) is 10.6 Å². The van der Waals surface area contributed by atoms with Crippen molar-refractivity contribution in [3.8, 4) is 0 Å². The number of β-lactam (4-membered cyclic amide) rings is 1. The molecule has 33 heavy (non-hydrogen) atoms. The summed E-state index contributed by atoms with van der Waals surface area (Å²) in [4.78, 5) is 56.5. The number of fused-ring (bicyclic) bond motifs is 2. The van der Waals surface area contributed by atoms with Crippen LogP contribution < -0.4 is 16.5 Å². The number of amides is 2. The van der Waals surface area contributed by atoms with Crippen LogP contribution >= 0.6 is 47.1 Å². The van der Waals surface area contributed by atoms with Crippen molar-refractivity contribution < 1.29 is 14.4 Å². The van der Waals surface area contributed by atoms with E-state index < -0.39 is 16.5 Å². The van der Waals surface area contributed by atoms with Crippen LogP contribution in [0.3, 0.4) is 0 Å². The molecular weight excluding hydrogens is 501 g/mol. The molecule has 0 aliphatic carbocycles. The molecule has 0 spiro atoms. The SMILES string of the molecule is Nc1nc(CC(=O)NC2C(=O)N3C(C(=O)S)=C(c4cc(=O)c5ccccc5s4)CS[C@H]23)cs1. The van der Waals surface area contributed by atoms with Crippen LogP contribution in [0, 0.1) is 0 Å². The molecule has 2 aliphatic rings. The van der Waals surface area contributed by atoms with E-state index >= 15 is 0 Å². The summed E-state index contributed by atoms with van der Waals surface area (Å²) >= 11 is 8.07. The minimum absolute atomic E-state index is 0.0133. The van der Waals surface area contributed by atoms with E-state index in [-0.39, 0.29) is 29.4 Å². The van der Waals surface area contributed by atoms with E-state index in [9.17, 15) is 19.2 Å². The number of thiol groups is 1. The minimum Gasteiger partial charge on any atom is -0.375 e. The Kier molecular flexibility index (Phi) is 5.77. The van der Waals surface area contributed by atoms with Crippen LogP contribution in [-0.4, -0.2) is 44.0 Å². The lowest BCUT2D eigenvalue weighted by Gasteiger charge is -2.49. The number of carbonyl (C=O) groups is 3. The Morgan fingerprint density at radius 1 is 1.27 bits per heavy atom. The summed E-state index contributed by atoms with van der Waals surface area (Å²) in [5.74, 6) is -0.333. The second-order valence-corrected chi connectivity index (χ2v) is 10.9.